The second-order valence-electron chi connectivity index (χ2n) is 4.84. The third kappa shape index (κ3) is 6.14. The Labute approximate surface area is 143 Å². The third-order valence-corrected chi connectivity index (χ3v) is 2.93. The molecular formula is C17H16N4O4. The van der Waals surface area contributed by atoms with E-state index in [0.717, 1.165) is 5.56 Å². The molecule has 1 aromatic heterocycles. The van der Waals surface area contributed by atoms with E-state index >= 15 is 0 Å². The zero-order chi connectivity index (χ0) is 18.1. The predicted molar refractivity (Wildman–Crippen MR) is 90.0 cm³/mol. The quantitative estimate of drug-likeness (QED) is 0.519. The number of pyridine rings is 1. The van der Waals surface area contributed by atoms with Crippen LogP contribution in [0.15, 0.2) is 54.9 Å². The fourth-order valence-electron chi connectivity index (χ4n) is 1.74. The average molecular weight is 340 g/mol. The van der Waals surface area contributed by atoms with Gasteiger partial charge in [0.25, 0.3) is 17.7 Å². The topological polar surface area (TPSA) is 123 Å². The average Bonchev–Trinajstić information content (AvgIpc) is 2.64. The van der Waals surface area contributed by atoms with Crippen molar-refractivity contribution < 1.29 is 19.1 Å². The number of amides is 3. The van der Waals surface area contributed by atoms with Crippen molar-refractivity contribution in [1.29, 1.82) is 0 Å². The van der Waals surface area contributed by atoms with Gasteiger partial charge in [-0.2, -0.15) is 0 Å². The van der Waals surface area contributed by atoms with E-state index < -0.39 is 17.7 Å². The van der Waals surface area contributed by atoms with Crippen molar-refractivity contribution in [2.45, 2.75) is 0 Å². The molecule has 0 spiro atoms. The maximum Gasteiger partial charge on any atom is 0.269 e. The minimum atomic E-state index is -0.561. The molecule has 0 aliphatic carbocycles. The molecule has 128 valence electrons. The van der Waals surface area contributed by atoms with Gasteiger partial charge in [0.05, 0.1) is 0 Å². The standard InChI is InChI=1S/C17H16N4O4/c18-15(22)11-25-14-4-1-12(2-5-14)3-6-16(23)20-21-17(24)13-7-9-19-10-8-13/h1-10H,11H2,(H2,18,22)(H,20,23)(H,21,24). The van der Waals surface area contributed by atoms with Crippen LogP contribution in [0.1, 0.15) is 15.9 Å². The SMILES string of the molecule is NC(=O)COc1ccc(C=CC(=O)NNC(=O)c2ccncc2)cc1. The Morgan fingerprint density at radius 3 is 2.36 bits per heavy atom. The summed E-state index contributed by atoms with van der Waals surface area (Å²) in [5, 5.41) is 0. The van der Waals surface area contributed by atoms with E-state index in [9.17, 15) is 14.4 Å². The van der Waals surface area contributed by atoms with E-state index in [0.29, 0.717) is 11.3 Å². The Morgan fingerprint density at radius 1 is 1.04 bits per heavy atom. The molecule has 8 heteroatoms. The zero-order valence-corrected chi connectivity index (χ0v) is 13.1. The van der Waals surface area contributed by atoms with Gasteiger partial charge >= 0.3 is 0 Å². The summed E-state index contributed by atoms with van der Waals surface area (Å²) in [6, 6.07) is 9.75. The summed E-state index contributed by atoms with van der Waals surface area (Å²) in [4.78, 5) is 37.9. The molecule has 0 aliphatic rings. The van der Waals surface area contributed by atoms with E-state index in [1.54, 1.807) is 30.3 Å². The third-order valence-electron chi connectivity index (χ3n) is 2.93. The maximum atomic E-state index is 11.7. The highest BCUT2D eigenvalue weighted by atomic mass is 16.5. The first kappa shape index (κ1) is 17.7. The second-order valence-corrected chi connectivity index (χ2v) is 4.84. The molecule has 0 radical (unpaired) electrons. The number of hydrogen-bond acceptors (Lipinski definition) is 5. The number of nitrogens with two attached hydrogens (primary N) is 1. The summed E-state index contributed by atoms with van der Waals surface area (Å²) >= 11 is 0. The number of carbonyl (C=O) groups excluding carboxylic acids is 3. The minimum absolute atomic E-state index is 0.200. The highest BCUT2D eigenvalue weighted by molar-refractivity contribution is 5.97. The van der Waals surface area contributed by atoms with E-state index in [1.165, 1.54) is 30.6 Å². The lowest BCUT2D eigenvalue weighted by Crippen LogP contribution is -2.40. The van der Waals surface area contributed by atoms with Crippen molar-refractivity contribution >= 4 is 23.8 Å². The Kier molecular flexibility index (Phi) is 6.24. The summed E-state index contributed by atoms with van der Waals surface area (Å²) < 4.78 is 5.13. The van der Waals surface area contributed by atoms with E-state index in [1.807, 2.05) is 0 Å². The van der Waals surface area contributed by atoms with Gasteiger partial charge in [0.15, 0.2) is 6.61 Å². The first-order valence-corrected chi connectivity index (χ1v) is 7.24. The highest BCUT2D eigenvalue weighted by Gasteiger charge is 2.04. The molecule has 0 saturated heterocycles. The van der Waals surface area contributed by atoms with E-state index in [2.05, 4.69) is 15.8 Å². The number of hydrazine groups is 1. The summed E-state index contributed by atoms with van der Waals surface area (Å²) in [7, 11) is 0. The normalized spacial score (nSPS) is 10.2. The van der Waals surface area contributed by atoms with Crippen molar-refractivity contribution in [3.63, 3.8) is 0 Å². The first-order valence-electron chi connectivity index (χ1n) is 7.24. The van der Waals surface area contributed by atoms with Gasteiger partial charge in [-0.05, 0) is 35.9 Å². The van der Waals surface area contributed by atoms with Crippen LogP contribution in [0, 0.1) is 0 Å². The van der Waals surface area contributed by atoms with Gasteiger partial charge < -0.3 is 10.5 Å². The zero-order valence-electron chi connectivity index (χ0n) is 13.1. The Balaban J connectivity index is 1.81. The lowest BCUT2D eigenvalue weighted by Gasteiger charge is -2.05. The fraction of sp³-hybridized carbons (Fsp3) is 0.0588. The largest absolute Gasteiger partial charge is 0.484 e. The van der Waals surface area contributed by atoms with Crippen molar-refractivity contribution in [2.75, 3.05) is 6.61 Å². The van der Waals surface area contributed by atoms with Crippen LogP contribution in [0.25, 0.3) is 6.08 Å². The summed E-state index contributed by atoms with van der Waals surface area (Å²) in [6.07, 6.45) is 5.79. The van der Waals surface area contributed by atoms with Gasteiger partial charge in [0.2, 0.25) is 0 Å². The van der Waals surface area contributed by atoms with Gasteiger partial charge in [-0.15, -0.1) is 0 Å². The van der Waals surface area contributed by atoms with Gasteiger partial charge in [-0.3, -0.25) is 30.2 Å². The monoisotopic (exact) mass is 340 g/mol. The van der Waals surface area contributed by atoms with Crippen molar-refractivity contribution in [1.82, 2.24) is 15.8 Å². The van der Waals surface area contributed by atoms with Crippen LogP contribution in [-0.2, 0) is 9.59 Å². The molecule has 0 atom stereocenters. The number of rotatable bonds is 6. The van der Waals surface area contributed by atoms with Gasteiger partial charge in [0, 0.05) is 24.0 Å². The molecule has 0 bridgehead atoms. The van der Waals surface area contributed by atoms with Crippen molar-refractivity contribution in [3.05, 3.63) is 66.0 Å². The summed E-state index contributed by atoms with van der Waals surface area (Å²) in [5.74, 6) is -1.00. The second kappa shape index (κ2) is 8.82. The Bertz CT molecular complexity index is 773. The van der Waals surface area contributed by atoms with Crippen LogP contribution >= 0.6 is 0 Å². The molecule has 0 fully saturated rings. The van der Waals surface area contributed by atoms with Gasteiger partial charge in [-0.1, -0.05) is 12.1 Å². The van der Waals surface area contributed by atoms with Crippen LogP contribution in [0.2, 0.25) is 0 Å². The van der Waals surface area contributed by atoms with Crippen molar-refractivity contribution in [3.8, 4) is 5.75 Å². The molecular weight excluding hydrogens is 324 g/mol. The number of carbonyl (C=O) groups is 3. The molecule has 0 unspecified atom stereocenters. The van der Waals surface area contributed by atoms with Crippen LogP contribution in [0.5, 0.6) is 5.75 Å². The van der Waals surface area contributed by atoms with Crippen LogP contribution in [-0.4, -0.2) is 29.3 Å². The summed E-state index contributed by atoms with van der Waals surface area (Å²) in [5.41, 5.74) is 10.7. The molecule has 25 heavy (non-hydrogen) atoms. The smallest absolute Gasteiger partial charge is 0.269 e. The molecule has 1 aromatic carbocycles. The Hall–Kier alpha value is -3.68. The minimum Gasteiger partial charge on any atom is -0.484 e. The van der Waals surface area contributed by atoms with Crippen LogP contribution in [0.3, 0.4) is 0 Å². The van der Waals surface area contributed by atoms with E-state index in [4.69, 9.17) is 10.5 Å². The fourth-order valence-corrected chi connectivity index (χ4v) is 1.74. The molecule has 2 rings (SSSR count). The molecule has 4 N–H and O–H groups in total. The molecule has 3 amide bonds. The number of primary amides is 1. The summed E-state index contributed by atoms with van der Waals surface area (Å²) in [6.45, 7) is -0.200. The van der Waals surface area contributed by atoms with E-state index in [-0.39, 0.29) is 6.61 Å². The van der Waals surface area contributed by atoms with Gasteiger partial charge in [0.1, 0.15) is 5.75 Å². The van der Waals surface area contributed by atoms with Crippen molar-refractivity contribution in [2.24, 2.45) is 5.73 Å². The molecule has 8 nitrogen and oxygen atoms in total. The van der Waals surface area contributed by atoms with Crippen LogP contribution < -0.4 is 21.3 Å². The van der Waals surface area contributed by atoms with Crippen LogP contribution in [0.4, 0.5) is 0 Å². The number of ether oxygens (including phenoxy) is 1. The lowest BCUT2D eigenvalue weighted by molar-refractivity contribution is -0.120. The molecule has 2 aromatic rings. The first-order chi connectivity index (χ1) is 12.0. The lowest BCUT2D eigenvalue weighted by atomic mass is 10.2. The predicted octanol–water partition coefficient (Wildman–Crippen LogP) is 0.420. The number of benzene rings is 1. The number of hydrogen-bond donors (Lipinski definition) is 3. The molecule has 1 heterocycles. The number of nitrogens with zero attached hydrogens (tertiary/aromatic N) is 1. The Morgan fingerprint density at radius 2 is 1.72 bits per heavy atom. The number of aromatic nitrogens is 1. The molecule has 0 saturated carbocycles. The number of nitrogens with one attached hydrogen (secondary N) is 2. The maximum absolute atomic E-state index is 11.7. The molecule has 0 aliphatic heterocycles. The van der Waals surface area contributed by atoms with Gasteiger partial charge in [-0.25, -0.2) is 0 Å². The highest BCUT2D eigenvalue weighted by Crippen LogP contribution is 2.12.